The molecule has 0 radical (unpaired) electrons. The first kappa shape index (κ1) is 55.7. The number of thioether (sulfide) groups is 2. The van der Waals surface area contributed by atoms with E-state index < -0.39 is 121 Å². The average Bonchev–Trinajstić information content (AvgIpc) is 3.98. The quantitative estimate of drug-likeness (QED) is 0.0392. The second kappa shape index (κ2) is 27.4. The Balaban J connectivity index is 1.53. The summed E-state index contributed by atoms with van der Waals surface area (Å²) in [5.41, 5.74) is 13.1. The third-order valence-electron chi connectivity index (χ3n) is 11.3. The van der Waals surface area contributed by atoms with E-state index in [1.165, 1.54) is 47.8 Å². The van der Waals surface area contributed by atoms with E-state index >= 15 is 0 Å². The van der Waals surface area contributed by atoms with Gasteiger partial charge in [0.15, 0.2) is 0 Å². The molecule has 4 rings (SSSR count). The molecule has 1 aromatic heterocycles. The number of fused-ring (bicyclic) bond motifs is 1. The molecule has 0 saturated carbocycles. The molecule has 70 heavy (non-hydrogen) atoms. The van der Waals surface area contributed by atoms with Crippen LogP contribution < -0.4 is 43.4 Å². The minimum absolute atomic E-state index is 0.0158. The van der Waals surface area contributed by atoms with Crippen molar-refractivity contribution in [3.05, 3.63) is 65.9 Å². The Morgan fingerprint density at radius 1 is 0.714 bits per heavy atom. The summed E-state index contributed by atoms with van der Waals surface area (Å²) in [6, 6.07) is 3.45. The zero-order valence-electron chi connectivity index (χ0n) is 38.6. The summed E-state index contributed by atoms with van der Waals surface area (Å²) < 4.78 is 0. The van der Waals surface area contributed by atoms with Crippen molar-refractivity contribution in [1.29, 1.82) is 0 Å². The molecular weight excluding hydrogens is 953 g/mol. The number of nitrogens with two attached hydrogens (primary N) is 2. The molecule has 1 saturated heterocycles. The number of phenols is 1. The van der Waals surface area contributed by atoms with E-state index in [0.29, 0.717) is 29.1 Å². The number of carboxylic acids is 2. The molecule has 14 N–H and O–H groups in total. The van der Waals surface area contributed by atoms with Gasteiger partial charge in [0.1, 0.15) is 42.0 Å². The van der Waals surface area contributed by atoms with E-state index in [1.807, 2.05) is 0 Å². The Hall–Kier alpha value is -6.86. The fourth-order valence-corrected chi connectivity index (χ4v) is 8.57. The third kappa shape index (κ3) is 17.0. The van der Waals surface area contributed by atoms with Crippen LogP contribution in [0.1, 0.15) is 49.7 Å². The maximum Gasteiger partial charge on any atom is 0.305 e. The number of carbonyl (C=O) groups excluding carboxylic acids is 8. The Bertz CT molecular complexity index is 2370. The van der Waals surface area contributed by atoms with Crippen molar-refractivity contribution in [3.63, 3.8) is 0 Å². The van der Waals surface area contributed by atoms with Gasteiger partial charge < -0.3 is 68.6 Å². The molecule has 0 spiro atoms. The molecule has 1 fully saturated rings. The van der Waals surface area contributed by atoms with Gasteiger partial charge in [-0.1, -0.05) is 30.3 Å². The number of aromatic amines is 1. The monoisotopic (exact) mass is 1010 g/mol. The van der Waals surface area contributed by atoms with Gasteiger partial charge in [-0.25, -0.2) is 0 Å². The number of hydrogen-bond donors (Lipinski definition) is 12. The van der Waals surface area contributed by atoms with E-state index in [1.54, 1.807) is 43.0 Å². The molecule has 380 valence electrons. The first-order valence-corrected chi connectivity index (χ1v) is 25.0. The van der Waals surface area contributed by atoms with Gasteiger partial charge in [0.05, 0.1) is 25.4 Å². The molecule has 23 nitrogen and oxygen atoms in total. The number of aromatic nitrogens is 1. The Kier molecular flexibility index (Phi) is 21.8. The summed E-state index contributed by atoms with van der Waals surface area (Å²) in [4.78, 5) is 135. The van der Waals surface area contributed by atoms with Gasteiger partial charge in [-0.05, 0) is 79.0 Å². The number of aliphatic carboxylic acids is 2. The molecule has 8 amide bonds. The first-order chi connectivity index (χ1) is 33.3. The van der Waals surface area contributed by atoms with Crippen molar-refractivity contribution in [3.8, 4) is 5.75 Å². The fourth-order valence-electron chi connectivity index (χ4n) is 7.63. The van der Waals surface area contributed by atoms with Crippen LogP contribution in [0.3, 0.4) is 0 Å². The molecule has 3 aromatic rings. The molecule has 0 unspecified atom stereocenters. The van der Waals surface area contributed by atoms with Crippen LogP contribution in [-0.4, -0.2) is 164 Å². The van der Waals surface area contributed by atoms with Crippen LogP contribution in [0.25, 0.3) is 10.9 Å². The Morgan fingerprint density at radius 3 is 1.87 bits per heavy atom. The van der Waals surface area contributed by atoms with E-state index in [9.17, 15) is 58.2 Å². The maximum atomic E-state index is 14.3. The summed E-state index contributed by atoms with van der Waals surface area (Å²) in [5, 5.41) is 44.5. The number of para-hydroxylation sites is 1. The highest BCUT2D eigenvalue weighted by Gasteiger charge is 2.39. The van der Waals surface area contributed by atoms with Crippen molar-refractivity contribution < 1.29 is 63.3 Å². The van der Waals surface area contributed by atoms with E-state index in [0.717, 1.165) is 15.8 Å². The van der Waals surface area contributed by atoms with E-state index in [2.05, 4.69) is 36.9 Å². The largest absolute Gasteiger partial charge is 0.508 e. The van der Waals surface area contributed by atoms with Crippen molar-refractivity contribution >= 4 is 93.6 Å². The van der Waals surface area contributed by atoms with Gasteiger partial charge >= 0.3 is 11.9 Å². The number of nitrogens with zero attached hydrogens (tertiary/aromatic N) is 1. The summed E-state index contributed by atoms with van der Waals surface area (Å²) in [6.07, 6.45) is 4.12. The van der Waals surface area contributed by atoms with Gasteiger partial charge in [0.2, 0.25) is 47.3 Å². The number of carbonyl (C=O) groups is 10. The summed E-state index contributed by atoms with van der Waals surface area (Å²) in [7, 11) is 0. The van der Waals surface area contributed by atoms with Gasteiger partial charge in [0.25, 0.3) is 0 Å². The molecule has 0 aliphatic carbocycles. The second-order valence-corrected chi connectivity index (χ2v) is 18.4. The SMILES string of the molecule is CSCC[C@H](NC(=O)[C@H](Cc1ccc(O)cc1)NC(=O)[C@@H](N)CC(=O)O)C(=O)NCC(=O)N[C@@H](Cc1c[nH]c2ccccc12)C(=O)N[C@@H](CCSC)C(=O)N[C@@H](CC(=O)O)C(=O)N1CCC[C@H]1C(N)=O. The van der Waals surface area contributed by atoms with Gasteiger partial charge in [-0.15, -0.1) is 0 Å². The van der Waals surface area contributed by atoms with Crippen molar-refractivity contribution in [2.45, 2.75) is 93.7 Å². The minimum atomic E-state index is -1.61. The van der Waals surface area contributed by atoms with E-state index in [4.69, 9.17) is 16.6 Å². The lowest BCUT2D eigenvalue weighted by atomic mass is 10.0. The number of aromatic hydroxyl groups is 1. The van der Waals surface area contributed by atoms with Gasteiger partial charge in [-0.2, -0.15) is 23.5 Å². The molecule has 1 aliphatic rings. The highest BCUT2D eigenvalue weighted by atomic mass is 32.2. The first-order valence-electron chi connectivity index (χ1n) is 22.2. The van der Waals surface area contributed by atoms with Crippen LogP contribution in [0.2, 0.25) is 0 Å². The lowest BCUT2D eigenvalue weighted by molar-refractivity contribution is -0.145. The zero-order chi connectivity index (χ0) is 51.5. The highest BCUT2D eigenvalue weighted by molar-refractivity contribution is 7.98. The number of H-pyrrole nitrogens is 1. The maximum absolute atomic E-state index is 14.3. The zero-order valence-corrected chi connectivity index (χ0v) is 40.2. The second-order valence-electron chi connectivity index (χ2n) is 16.5. The number of benzene rings is 2. The van der Waals surface area contributed by atoms with Crippen LogP contribution in [0.4, 0.5) is 0 Å². The van der Waals surface area contributed by atoms with Crippen molar-refractivity contribution in [1.82, 2.24) is 41.8 Å². The van der Waals surface area contributed by atoms with Crippen molar-refractivity contribution in [2.75, 3.05) is 37.1 Å². The number of nitrogens with one attached hydrogen (secondary N) is 7. The highest BCUT2D eigenvalue weighted by Crippen LogP contribution is 2.21. The Morgan fingerprint density at radius 2 is 1.27 bits per heavy atom. The molecule has 7 atom stereocenters. The number of likely N-dealkylation sites (tertiary alicyclic amines) is 1. The molecule has 0 bridgehead atoms. The third-order valence-corrected chi connectivity index (χ3v) is 12.5. The van der Waals surface area contributed by atoms with Crippen LogP contribution >= 0.6 is 23.5 Å². The lowest BCUT2D eigenvalue weighted by Gasteiger charge is -2.29. The smallest absolute Gasteiger partial charge is 0.305 e. The minimum Gasteiger partial charge on any atom is -0.508 e. The number of rotatable bonds is 28. The molecule has 25 heteroatoms. The molecule has 2 aromatic carbocycles. The summed E-state index contributed by atoms with van der Waals surface area (Å²) in [5.74, 6) is -8.90. The number of phenolic OH excluding ortho intramolecular Hbond substituents is 1. The molecule has 2 heterocycles. The van der Waals surface area contributed by atoms with Crippen molar-refractivity contribution in [2.24, 2.45) is 11.5 Å². The van der Waals surface area contributed by atoms with Gasteiger partial charge in [0, 0.05) is 36.5 Å². The predicted octanol–water partition coefficient (Wildman–Crippen LogP) is -1.54. The Labute approximate surface area is 411 Å². The number of hydrogen-bond acceptors (Lipinski definition) is 14. The normalized spacial score (nSPS) is 15.8. The number of primary amides is 1. The fraction of sp³-hybridized carbons (Fsp3) is 0.467. The van der Waals surface area contributed by atoms with E-state index in [-0.39, 0.29) is 44.4 Å². The summed E-state index contributed by atoms with van der Waals surface area (Å²) >= 11 is 2.70. The van der Waals surface area contributed by atoms with Crippen LogP contribution in [-0.2, 0) is 60.8 Å². The number of amides is 8. The van der Waals surface area contributed by atoms with Crippen LogP contribution in [0.5, 0.6) is 5.75 Å². The lowest BCUT2D eigenvalue weighted by Crippen LogP contribution is -2.59. The summed E-state index contributed by atoms with van der Waals surface area (Å²) in [6.45, 7) is -0.582. The standard InChI is InChI=1S/C45H60N10O13S2/c1-69-16-13-30(51-43(66)32(18-24-9-11-26(56)12-10-24)53-40(63)28(46)20-37(58)59)41(64)49-23-36(57)50-33(19-25-22-48-29-7-4-3-6-27(25)29)44(67)52-31(14-17-70-2)42(65)54-34(21-38(60)61)45(68)55-15-5-8-35(55)39(47)62/h3-4,6-7,9-12,22,28,30-35,48,56H,5,8,13-21,23,46H2,1-2H3,(H2,47,62)(H,49,64)(H,50,57)(H,51,66)(H,52,67)(H,53,63)(H,54,65)(H,58,59)(H,60,61)/t28-,30-,31-,32-,33-,34-,35-/m0/s1. The molecular formula is C45H60N10O13S2. The van der Waals surface area contributed by atoms with Crippen LogP contribution in [0.15, 0.2) is 54.7 Å². The number of carboxylic acid groups (broad SMARTS) is 2. The van der Waals surface area contributed by atoms with Gasteiger partial charge in [-0.3, -0.25) is 47.9 Å². The molecule has 1 aliphatic heterocycles. The topological polar surface area (TPSA) is 375 Å². The van der Waals surface area contributed by atoms with Crippen LogP contribution in [0, 0.1) is 0 Å². The average molecular weight is 1010 g/mol. The predicted molar refractivity (Wildman–Crippen MR) is 259 cm³/mol.